The van der Waals surface area contributed by atoms with Crippen molar-refractivity contribution in [1.29, 1.82) is 0 Å². The molecule has 2 aliphatic rings. The number of hydrogen-bond acceptors (Lipinski definition) is 7. The fourth-order valence-electron chi connectivity index (χ4n) is 4.15. The summed E-state index contributed by atoms with van der Waals surface area (Å²) in [5.74, 6) is 0. The fourth-order valence-corrected chi connectivity index (χ4v) is 5.59. The highest BCUT2D eigenvalue weighted by atomic mass is 32.2. The van der Waals surface area contributed by atoms with Gasteiger partial charge in [0.05, 0.1) is 16.1 Å². The highest BCUT2D eigenvalue weighted by molar-refractivity contribution is 7.89. The van der Waals surface area contributed by atoms with Crippen LogP contribution in [0.4, 0.5) is 11.4 Å². The summed E-state index contributed by atoms with van der Waals surface area (Å²) in [5.41, 5.74) is 0.313. The van der Waals surface area contributed by atoms with Gasteiger partial charge in [0.15, 0.2) is 0 Å². The van der Waals surface area contributed by atoms with Gasteiger partial charge in [0.1, 0.15) is 5.69 Å². The third kappa shape index (κ3) is 4.05. The molecular formula is C19H26N6O4S. The molecule has 2 fully saturated rings. The SMILES string of the molecule is CN1CCN(S(=O)(=O)c2ccc(N3CCC(n4ccnc4)CC3)c([N+](=O)[O-])c2)CC1. The first kappa shape index (κ1) is 20.8. The monoisotopic (exact) mass is 434 g/mol. The van der Waals surface area contributed by atoms with E-state index in [2.05, 4.69) is 14.5 Å². The fraction of sp³-hybridized carbons (Fsp3) is 0.526. The molecule has 0 amide bonds. The van der Waals surface area contributed by atoms with Gasteiger partial charge in [-0.15, -0.1) is 0 Å². The molecule has 4 rings (SSSR count). The molecule has 0 saturated carbocycles. The van der Waals surface area contributed by atoms with Gasteiger partial charge in [0.25, 0.3) is 5.69 Å². The van der Waals surface area contributed by atoms with E-state index in [1.54, 1.807) is 18.6 Å². The molecule has 1 aromatic carbocycles. The Kier molecular flexibility index (Phi) is 5.76. The zero-order chi connectivity index (χ0) is 21.3. The molecule has 3 heterocycles. The third-order valence-corrected chi connectivity index (χ3v) is 7.89. The van der Waals surface area contributed by atoms with Crippen molar-refractivity contribution in [3.8, 4) is 0 Å². The van der Waals surface area contributed by atoms with E-state index in [9.17, 15) is 18.5 Å². The van der Waals surface area contributed by atoms with Crippen LogP contribution >= 0.6 is 0 Å². The average molecular weight is 435 g/mol. The van der Waals surface area contributed by atoms with Crippen molar-refractivity contribution in [3.05, 3.63) is 47.0 Å². The molecule has 162 valence electrons. The van der Waals surface area contributed by atoms with Crippen molar-refractivity contribution in [2.75, 3.05) is 51.2 Å². The van der Waals surface area contributed by atoms with Crippen LogP contribution in [0.2, 0.25) is 0 Å². The zero-order valence-corrected chi connectivity index (χ0v) is 17.7. The number of hydrogen-bond donors (Lipinski definition) is 0. The van der Waals surface area contributed by atoms with E-state index in [1.807, 2.05) is 18.1 Å². The zero-order valence-electron chi connectivity index (χ0n) is 16.9. The molecule has 0 spiro atoms. The van der Waals surface area contributed by atoms with Crippen molar-refractivity contribution in [3.63, 3.8) is 0 Å². The van der Waals surface area contributed by atoms with Gasteiger partial charge in [-0.2, -0.15) is 4.31 Å². The van der Waals surface area contributed by atoms with E-state index in [1.165, 1.54) is 16.4 Å². The normalized spacial score (nSPS) is 19.8. The predicted octanol–water partition coefficient (Wildman–Crippen LogP) is 1.57. The molecule has 0 atom stereocenters. The Labute approximate surface area is 175 Å². The minimum absolute atomic E-state index is 0.0178. The van der Waals surface area contributed by atoms with E-state index in [0.29, 0.717) is 51.0 Å². The van der Waals surface area contributed by atoms with Crippen LogP contribution in [0.3, 0.4) is 0 Å². The summed E-state index contributed by atoms with van der Waals surface area (Å²) in [6.45, 7) is 3.38. The first-order valence-corrected chi connectivity index (χ1v) is 11.5. The molecule has 2 aliphatic heterocycles. The molecule has 0 N–H and O–H groups in total. The van der Waals surface area contributed by atoms with Crippen molar-refractivity contribution >= 4 is 21.4 Å². The van der Waals surface area contributed by atoms with Crippen LogP contribution in [-0.2, 0) is 10.0 Å². The minimum Gasteiger partial charge on any atom is -0.366 e. The lowest BCUT2D eigenvalue weighted by Crippen LogP contribution is -2.47. The van der Waals surface area contributed by atoms with Gasteiger partial charge in [0, 0.05) is 63.8 Å². The average Bonchev–Trinajstić information content (AvgIpc) is 3.28. The van der Waals surface area contributed by atoms with Crippen LogP contribution in [0, 0.1) is 10.1 Å². The first-order valence-electron chi connectivity index (χ1n) is 10.1. The number of nitro groups is 1. The molecule has 0 unspecified atom stereocenters. The first-order chi connectivity index (χ1) is 14.4. The Morgan fingerprint density at radius 2 is 1.80 bits per heavy atom. The third-order valence-electron chi connectivity index (χ3n) is 6.00. The molecule has 2 aromatic rings. The number of sulfonamides is 1. The van der Waals surface area contributed by atoms with Crippen molar-refractivity contribution in [1.82, 2.24) is 18.8 Å². The second-order valence-electron chi connectivity index (χ2n) is 7.84. The number of likely N-dealkylation sites (N-methyl/N-ethyl adjacent to an activating group) is 1. The summed E-state index contributed by atoms with van der Waals surface area (Å²) in [4.78, 5) is 19.4. The van der Waals surface area contributed by atoms with Crippen molar-refractivity contribution in [2.24, 2.45) is 0 Å². The van der Waals surface area contributed by atoms with Crippen LogP contribution in [0.15, 0.2) is 41.8 Å². The molecule has 10 nitrogen and oxygen atoms in total. The Bertz CT molecular complexity index is 994. The van der Waals surface area contributed by atoms with Gasteiger partial charge in [0.2, 0.25) is 10.0 Å². The van der Waals surface area contributed by atoms with Gasteiger partial charge in [-0.05, 0) is 32.0 Å². The van der Waals surface area contributed by atoms with Gasteiger partial charge in [-0.25, -0.2) is 13.4 Å². The predicted molar refractivity (Wildman–Crippen MR) is 112 cm³/mol. The summed E-state index contributed by atoms with van der Waals surface area (Å²) in [6.07, 6.45) is 7.15. The van der Waals surface area contributed by atoms with E-state index in [0.717, 1.165) is 12.8 Å². The Morgan fingerprint density at radius 1 is 1.10 bits per heavy atom. The van der Waals surface area contributed by atoms with Crippen LogP contribution < -0.4 is 4.90 Å². The molecule has 0 bridgehead atoms. The Morgan fingerprint density at radius 3 is 2.40 bits per heavy atom. The lowest BCUT2D eigenvalue weighted by atomic mass is 10.0. The highest BCUT2D eigenvalue weighted by Crippen LogP contribution is 2.35. The van der Waals surface area contributed by atoms with Crippen molar-refractivity contribution < 1.29 is 13.3 Å². The maximum Gasteiger partial charge on any atom is 0.293 e. The van der Waals surface area contributed by atoms with Crippen molar-refractivity contribution in [2.45, 2.75) is 23.8 Å². The van der Waals surface area contributed by atoms with Gasteiger partial charge in [-0.3, -0.25) is 10.1 Å². The molecule has 0 aliphatic carbocycles. The van der Waals surface area contributed by atoms with Crippen LogP contribution in [0.5, 0.6) is 0 Å². The molecule has 2 saturated heterocycles. The summed E-state index contributed by atoms with van der Waals surface area (Å²) in [7, 11) is -1.81. The second-order valence-corrected chi connectivity index (χ2v) is 9.78. The molecule has 1 aromatic heterocycles. The second kappa shape index (κ2) is 8.32. The number of piperidine rings is 1. The summed E-state index contributed by atoms with van der Waals surface area (Å²) < 4.78 is 29.5. The van der Waals surface area contributed by atoms with Gasteiger partial charge >= 0.3 is 0 Å². The number of aromatic nitrogens is 2. The summed E-state index contributed by atoms with van der Waals surface area (Å²) in [6, 6.07) is 4.61. The van der Waals surface area contributed by atoms with Crippen LogP contribution in [-0.4, -0.2) is 78.4 Å². The minimum atomic E-state index is -3.75. The van der Waals surface area contributed by atoms with E-state index in [4.69, 9.17) is 0 Å². The number of benzene rings is 1. The molecule has 30 heavy (non-hydrogen) atoms. The van der Waals surface area contributed by atoms with Gasteiger partial charge in [-0.1, -0.05) is 0 Å². The summed E-state index contributed by atoms with van der Waals surface area (Å²) in [5, 5.41) is 11.8. The van der Waals surface area contributed by atoms with Crippen LogP contribution in [0.1, 0.15) is 18.9 Å². The van der Waals surface area contributed by atoms with Gasteiger partial charge < -0.3 is 14.4 Å². The maximum atomic E-state index is 13.0. The lowest BCUT2D eigenvalue weighted by Gasteiger charge is -2.34. The van der Waals surface area contributed by atoms with E-state index in [-0.39, 0.29) is 10.6 Å². The largest absolute Gasteiger partial charge is 0.366 e. The quantitative estimate of drug-likeness (QED) is 0.520. The molecule has 11 heteroatoms. The smallest absolute Gasteiger partial charge is 0.293 e. The lowest BCUT2D eigenvalue weighted by molar-refractivity contribution is -0.384. The molecule has 0 radical (unpaired) electrons. The standard InChI is InChI=1S/C19H26N6O4S/c1-21-10-12-24(13-11-21)30(28,29)17-2-3-18(19(14-17)25(26)27)22-7-4-16(5-8-22)23-9-6-20-15-23/h2-3,6,9,14-16H,4-5,7-8,10-13H2,1H3. The Hall–Kier alpha value is -2.50. The topological polar surface area (TPSA) is 105 Å². The number of nitro benzene ring substituents is 1. The van der Waals surface area contributed by atoms with E-state index < -0.39 is 14.9 Å². The number of nitrogens with zero attached hydrogens (tertiary/aromatic N) is 6. The molecular weight excluding hydrogens is 408 g/mol. The highest BCUT2D eigenvalue weighted by Gasteiger charge is 2.31. The summed E-state index contributed by atoms with van der Waals surface area (Å²) >= 11 is 0. The van der Waals surface area contributed by atoms with Crippen LogP contribution in [0.25, 0.3) is 0 Å². The number of rotatable bonds is 5. The number of anilines is 1. The number of piperazine rings is 1. The Balaban J connectivity index is 1.55. The maximum absolute atomic E-state index is 13.0. The van der Waals surface area contributed by atoms with E-state index >= 15 is 0 Å². The number of imidazole rings is 1.